The summed E-state index contributed by atoms with van der Waals surface area (Å²) in [5.41, 5.74) is 2.47. The zero-order chi connectivity index (χ0) is 22.4. The van der Waals surface area contributed by atoms with Crippen molar-refractivity contribution in [2.45, 2.75) is 51.2 Å². The van der Waals surface area contributed by atoms with Crippen LogP contribution in [0.25, 0.3) is 21.9 Å². The topological polar surface area (TPSA) is 71.0 Å². The number of hydrogen-bond donors (Lipinski definition) is 0. The molecule has 1 saturated heterocycles. The third kappa shape index (κ3) is 3.70. The molecule has 0 N–H and O–H groups in total. The van der Waals surface area contributed by atoms with Gasteiger partial charge in [0.05, 0.1) is 28.5 Å². The van der Waals surface area contributed by atoms with Crippen LogP contribution in [0.5, 0.6) is 0 Å². The fourth-order valence-corrected chi connectivity index (χ4v) is 5.20. The normalized spacial score (nSPS) is 18.8. The van der Waals surface area contributed by atoms with Gasteiger partial charge in [0.1, 0.15) is 5.82 Å². The average Bonchev–Trinajstić information content (AvgIpc) is 3.64. The van der Waals surface area contributed by atoms with Crippen molar-refractivity contribution in [2.75, 3.05) is 13.2 Å². The first kappa shape index (κ1) is 20.4. The molecule has 0 amide bonds. The second-order valence-corrected chi connectivity index (χ2v) is 9.33. The van der Waals surface area contributed by atoms with Crippen LogP contribution in [0.1, 0.15) is 44.0 Å². The fourth-order valence-electron chi connectivity index (χ4n) is 5.20. The summed E-state index contributed by atoms with van der Waals surface area (Å²) in [7, 11) is 0. The Hall–Kier alpha value is -3.19. The number of nitrogens with zero attached hydrogens (tertiary/aromatic N) is 4. The number of hydrogen-bond acceptors (Lipinski definition) is 4. The second kappa shape index (κ2) is 8.30. The van der Waals surface area contributed by atoms with Gasteiger partial charge in [-0.15, -0.1) is 0 Å². The Labute approximate surface area is 191 Å². The van der Waals surface area contributed by atoms with Crippen LogP contribution in [0.2, 0.25) is 0 Å². The van der Waals surface area contributed by atoms with Crippen LogP contribution < -0.4 is 11.2 Å². The van der Waals surface area contributed by atoms with Gasteiger partial charge in [-0.05, 0) is 62.3 Å². The van der Waals surface area contributed by atoms with Crippen molar-refractivity contribution in [1.82, 2.24) is 18.7 Å². The molecule has 6 rings (SSSR count). The summed E-state index contributed by atoms with van der Waals surface area (Å²) in [6.07, 6.45) is 5.29. The monoisotopic (exact) mass is 444 g/mol. The van der Waals surface area contributed by atoms with E-state index >= 15 is 0 Å². The van der Waals surface area contributed by atoms with Crippen LogP contribution in [0.3, 0.4) is 0 Å². The summed E-state index contributed by atoms with van der Waals surface area (Å²) < 4.78 is 11.5. The van der Waals surface area contributed by atoms with Crippen LogP contribution in [0.15, 0.2) is 58.1 Å². The maximum atomic E-state index is 13.4. The molecule has 1 unspecified atom stereocenters. The molecule has 170 valence electrons. The predicted molar refractivity (Wildman–Crippen MR) is 128 cm³/mol. The van der Waals surface area contributed by atoms with Crippen molar-refractivity contribution in [3.8, 4) is 0 Å². The van der Waals surface area contributed by atoms with Gasteiger partial charge in [0.2, 0.25) is 0 Å². The molecular formula is C26H28N4O3. The van der Waals surface area contributed by atoms with E-state index in [1.165, 1.54) is 0 Å². The minimum absolute atomic E-state index is 0.0201. The third-order valence-electron chi connectivity index (χ3n) is 7.06. The lowest BCUT2D eigenvalue weighted by Crippen LogP contribution is -2.28. The lowest BCUT2D eigenvalue weighted by atomic mass is 9.98. The molecule has 7 heteroatoms. The van der Waals surface area contributed by atoms with E-state index in [2.05, 4.69) is 9.55 Å². The summed E-state index contributed by atoms with van der Waals surface area (Å²) in [5.74, 6) is 1.14. The van der Waals surface area contributed by atoms with Crippen molar-refractivity contribution in [1.29, 1.82) is 0 Å². The minimum atomic E-state index is -0.239. The van der Waals surface area contributed by atoms with Gasteiger partial charge in [0.15, 0.2) is 0 Å². The van der Waals surface area contributed by atoms with Crippen LogP contribution in [-0.2, 0) is 17.8 Å². The largest absolute Gasteiger partial charge is 0.381 e. The highest BCUT2D eigenvalue weighted by atomic mass is 16.5. The Balaban J connectivity index is 1.45. The van der Waals surface area contributed by atoms with Crippen LogP contribution in [0, 0.1) is 5.92 Å². The van der Waals surface area contributed by atoms with Crippen molar-refractivity contribution >= 4 is 21.9 Å². The first-order chi connectivity index (χ1) is 16.2. The SMILES string of the molecule is O=c1nc(Cn2c(=O)n(C3CC3)c3ccccc32)n(CCC2CCCOC2)c2ccccc12. The number of para-hydroxylation sites is 3. The first-order valence-electron chi connectivity index (χ1n) is 12.0. The van der Waals surface area contributed by atoms with Gasteiger partial charge < -0.3 is 9.30 Å². The van der Waals surface area contributed by atoms with Gasteiger partial charge in [-0.3, -0.25) is 13.9 Å². The molecular weight excluding hydrogens is 416 g/mol. The summed E-state index contributed by atoms with van der Waals surface area (Å²) in [4.78, 5) is 30.8. The summed E-state index contributed by atoms with van der Waals surface area (Å²) >= 11 is 0. The molecule has 2 fully saturated rings. The molecule has 4 aromatic rings. The highest BCUT2D eigenvalue weighted by Gasteiger charge is 2.29. The molecule has 1 aliphatic heterocycles. The maximum Gasteiger partial charge on any atom is 0.329 e. The zero-order valence-corrected chi connectivity index (χ0v) is 18.7. The number of benzene rings is 2. The molecule has 0 bridgehead atoms. The molecule has 1 atom stereocenters. The minimum Gasteiger partial charge on any atom is -0.381 e. The van der Waals surface area contributed by atoms with Crippen LogP contribution in [-0.4, -0.2) is 31.9 Å². The smallest absolute Gasteiger partial charge is 0.329 e. The molecule has 33 heavy (non-hydrogen) atoms. The summed E-state index contributed by atoms with van der Waals surface area (Å²) in [6.45, 7) is 2.65. The standard InChI is InChI=1S/C26H28N4O3/c31-25-20-7-1-2-8-21(20)28(14-13-18-6-5-15-33-17-18)24(27-25)16-29-22-9-3-4-10-23(22)30(26(29)32)19-11-12-19/h1-4,7-10,18-19H,5-6,11-17H2. The number of rotatable bonds is 6. The maximum absolute atomic E-state index is 13.4. The Kier molecular flexibility index (Phi) is 5.14. The molecule has 2 aliphatic rings. The molecule has 2 aromatic carbocycles. The van der Waals surface area contributed by atoms with E-state index in [1.54, 1.807) is 4.57 Å². The Morgan fingerprint density at radius 3 is 2.42 bits per heavy atom. The quantitative estimate of drug-likeness (QED) is 0.455. The van der Waals surface area contributed by atoms with Gasteiger partial charge in [-0.25, -0.2) is 4.79 Å². The third-order valence-corrected chi connectivity index (χ3v) is 7.06. The number of aromatic nitrogens is 4. The van der Waals surface area contributed by atoms with E-state index in [9.17, 15) is 9.59 Å². The molecule has 3 heterocycles. The lowest BCUT2D eigenvalue weighted by molar-refractivity contribution is 0.0500. The van der Waals surface area contributed by atoms with E-state index in [1.807, 2.05) is 53.1 Å². The van der Waals surface area contributed by atoms with E-state index in [0.29, 0.717) is 17.1 Å². The first-order valence-corrected chi connectivity index (χ1v) is 12.0. The van der Waals surface area contributed by atoms with Gasteiger partial charge in [0, 0.05) is 25.8 Å². The number of imidazole rings is 1. The molecule has 2 aromatic heterocycles. The molecule has 1 aliphatic carbocycles. The number of ether oxygens (including phenoxy) is 1. The van der Waals surface area contributed by atoms with Gasteiger partial charge in [0.25, 0.3) is 5.56 Å². The van der Waals surface area contributed by atoms with Gasteiger partial charge in [-0.1, -0.05) is 24.3 Å². The Morgan fingerprint density at radius 2 is 1.67 bits per heavy atom. The van der Waals surface area contributed by atoms with Crippen molar-refractivity contribution in [3.05, 3.63) is 75.2 Å². The van der Waals surface area contributed by atoms with Crippen molar-refractivity contribution in [3.63, 3.8) is 0 Å². The Morgan fingerprint density at radius 1 is 0.909 bits per heavy atom. The van der Waals surface area contributed by atoms with Crippen LogP contribution >= 0.6 is 0 Å². The number of fused-ring (bicyclic) bond motifs is 2. The summed E-state index contributed by atoms with van der Waals surface area (Å²) in [5, 5.41) is 0.619. The van der Waals surface area contributed by atoms with E-state index in [4.69, 9.17) is 4.74 Å². The highest BCUT2D eigenvalue weighted by molar-refractivity contribution is 5.78. The number of aryl methyl sites for hydroxylation is 1. The Bertz CT molecular complexity index is 1440. The zero-order valence-electron chi connectivity index (χ0n) is 18.7. The van der Waals surface area contributed by atoms with Gasteiger partial charge in [-0.2, -0.15) is 4.98 Å². The van der Waals surface area contributed by atoms with Crippen LogP contribution in [0.4, 0.5) is 0 Å². The second-order valence-electron chi connectivity index (χ2n) is 9.33. The molecule has 0 radical (unpaired) electrons. The van der Waals surface area contributed by atoms with E-state index in [0.717, 1.165) is 68.4 Å². The molecule has 0 spiro atoms. The van der Waals surface area contributed by atoms with Crippen molar-refractivity contribution in [2.24, 2.45) is 5.92 Å². The average molecular weight is 445 g/mol. The summed E-state index contributed by atoms with van der Waals surface area (Å²) in [6, 6.07) is 15.8. The van der Waals surface area contributed by atoms with E-state index in [-0.39, 0.29) is 23.8 Å². The van der Waals surface area contributed by atoms with Gasteiger partial charge >= 0.3 is 5.69 Å². The highest BCUT2D eigenvalue weighted by Crippen LogP contribution is 2.36. The van der Waals surface area contributed by atoms with E-state index < -0.39 is 0 Å². The molecule has 1 saturated carbocycles. The van der Waals surface area contributed by atoms with Crippen molar-refractivity contribution < 1.29 is 4.74 Å². The fraction of sp³-hybridized carbons (Fsp3) is 0.423. The predicted octanol–water partition coefficient (Wildman–Crippen LogP) is 3.71. The molecule has 7 nitrogen and oxygen atoms in total. The lowest BCUT2D eigenvalue weighted by Gasteiger charge is -2.23.